The molecule has 0 aliphatic heterocycles. The summed E-state index contributed by atoms with van der Waals surface area (Å²) in [7, 11) is 0. The van der Waals surface area contributed by atoms with Crippen molar-refractivity contribution in [1.82, 2.24) is 14.6 Å². The highest BCUT2D eigenvalue weighted by molar-refractivity contribution is 6.34. The average Bonchev–Trinajstić information content (AvgIpc) is 2.96. The lowest BCUT2D eigenvalue weighted by molar-refractivity contribution is 0.546. The van der Waals surface area contributed by atoms with Crippen LogP contribution in [-0.2, 0) is 0 Å². The summed E-state index contributed by atoms with van der Waals surface area (Å²) in [6.07, 6.45) is 1.32. The molecule has 1 aromatic carbocycles. The minimum Gasteiger partial charge on any atom is -0.367 e. The summed E-state index contributed by atoms with van der Waals surface area (Å²) in [5.41, 5.74) is 0.0829. The molecule has 132 valence electrons. The van der Waals surface area contributed by atoms with E-state index in [1.54, 1.807) is 0 Å². The molecule has 0 saturated heterocycles. The summed E-state index contributed by atoms with van der Waals surface area (Å²) >= 11 is 6.30. The normalized spacial score (nSPS) is 12.8. The number of nitrogens with zero attached hydrogens (tertiary/aromatic N) is 3. The van der Waals surface area contributed by atoms with Gasteiger partial charge in [0.05, 0.1) is 10.6 Å². The summed E-state index contributed by atoms with van der Waals surface area (Å²) in [6.45, 7) is 5.93. The van der Waals surface area contributed by atoms with Gasteiger partial charge in [0.2, 0.25) is 0 Å². The zero-order valence-corrected chi connectivity index (χ0v) is 14.6. The Hall–Kier alpha value is -2.28. The molecule has 1 N–H and O–H groups in total. The van der Waals surface area contributed by atoms with Gasteiger partial charge < -0.3 is 5.32 Å². The highest BCUT2D eigenvalue weighted by atomic mass is 35.5. The lowest BCUT2D eigenvalue weighted by atomic mass is 10.0. The largest absolute Gasteiger partial charge is 0.367 e. The lowest BCUT2D eigenvalue weighted by Gasteiger charge is -2.22. The van der Waals surface area contributed by atoms with Crippen LogP contribution in [0, 0.1) is 23.4 Å². The molecule has 1 atom stereocenters. The van der Waals surface area contributed by atoms with Gasteiger partial charge in [-0.2, -0.15) is 9.61 Å². The minimum absolute atomic E-state index is 0.0452. The minimum atomic E-state index is -1.04. The molecule has 0 unspecified atom stereocenters. The van der Waals surface area contributed by atoms with E-state index in [2.05, 4.69) is 15.4 Å². The van der Waals surface area contributed by atoms with E-state index in [0.717, 1.165) is 0 Å². The van der Waals surface area contributed by atoms with E-state index in [1.165, 1.54) is 16.9 Å². The third kappa shape index (κ3) is 3.16. The number of pyridine rings is 1. The van der Waals surface area contributed by atoms with Crippen molar-refractivity contribution in [1.29, 1.82) is 0 Å². The Morgan fingerprint density at radius 3 is 2.28 bits per heavy atom. The molecule has 0 amide bonds. The first-order valence-corrected chi connectivity index (χ1v) is 8.11. The second-order valence-corrected chi connectivity index (χ2v) is 6.57. The fraction of sp³-hybridized carbons (Fsp3) is 0.294. The molecule has 0 spiro atoms. The van der Waals surface area contributed by atoms with Gasteiger partial charge in [-0.25, -0.2) is 18.2 Å². The number of fused-ring (bicyclic) bond motifs is 1. The molecule has 4 nitrogen and oxygen atoms in total. The van der Waals surface area contributed by atoms with Crippen molar-refractivity contribution >= 4 is 23.1 Å². The maximum Gasteiger partial charge on any atom is 0.159 e. The summed E-state index contributed by atoms with van der Waals surface area (Å²) in [6, 6.07) is 2.65. The molecular weight excluding hydrogens is 353 g/mol. The standard InChI is InChI=1S/C17H16ClF3N4/c1-8(2)9(3)24-17-15(11(18)6-14-22-7-23-25(14)17)16-12(20)4-10(19)5-13(16)21/h4-9,24H,1-3H3/t9-/m1/s1. The maximum atomic E-state index is 14.4. The molecule has 0 fully saturated rings. The molecule has 0 radical (unpaired) electrons. The van der Waals surface area contributed by atoms with Gasteiger partial charge in [-0.3, -0.25) is 0 Å². The fourth-order valence-electron chi connectivity index (χ4n) is 2.46. The van der Waals surface area contributed by atoms with Crippen LogP contribution in [0.3, 0.4) is 0 Å². The van der Waals surface area contributed by atoms with Crippen LogP contribution < -0.4 is 5.32 Å². The number of benzene rings is 1. The number of rotatable bonds is 4. The Kier molecular flexibility index (Phi) is 4.60. The monoisotopic (exact) mass is 368 g/mol. The van der Waals surface area contributed by atoms with Crippen molar-refractivity contribution in [3.8, 4) is 11.1 Å². The van der Waals surface area contributed by atoms with Gasteiger partial charge in [0.25, 0.3) is 0 Å². The molecule has 8 heteroatoms. The molecule has 0 aliphatic rings. The van der Waals surface area contributed by atoms with Gasteiger partial charge >= 0.3 is 0 Å². The smallest absolute Gasteiger partial charge is 0.159 e. The maximum absolute atomic E-state index is 14.4. The molecule has 25 heavy (non-hydrogen) atoms. The van der Waals surface area contributed by atoms with Crippen LogP contribution in [0.15, 0.2) is 24.5 Å². The van der Waals surface area contributed by atoms with E-state index in [-0.39, 0.29) is 22.5 Å². The van der Waals surface area contributed by atoms with Crippen LogP contribution >= 0.6 is 11.6 Å². The molecular formula is C17H16ClF3N4. The molecule has 3 rings (SSSR count). The highest BCUT2D eigenvalue weighted by Crippen LogP contribution is 2.39. The van der Waals surface area contributed by atoms with E-state index in [1.807, 2.05) is 20.8 Å². The molecule has 3 aromatic rings. The van der Waals surface area contributed by atoms with E-state index in [0.29, 0.717) is 23.6 Å². The zero-order valence-electron chi connectivity index (χ0n) is 13.8. The van der Waals surface area contributed by atoms with Gasteiger partial charge in [0.1, 0.15) is 29.6 Å². The Bertz CT molecular complexity index is 916. The van der Waals surface area contributed by atoms with Crippen LogP contribution in [0.4, 0.5) is 19.0 Å². The van der Waals surface area contributed by atoms with Crippen molar-refractivity contribution in [2.24, 2.45) is 5.92 Å². The Balaban J connectivity index is 2.32. The van der Waals surface area contributed by atoms with Gasteiger partial charge in [0.15, 0.2) is 5.65 Å². The Morgan fingerprint density at radius 2 is 1.68 bits per heavy atom. The number of nitrogens with one attached hydrogen (secondary N) is 1. The van der Waals surface area contributed by atoms with Crippen molar-refractivity contribution in [3.63, 3.8) is 0 Å². The predicted molar refractivity (Wildman–Crippen MR) is 91.2 cm³/mol. The molecule has 0 aliphatic carbocycles. The van der Waals surface area contributed by atoms with Crippen LogP contribution in [0.5, 0.6) is 0 Å². The first-order chi connectivity index (χ1) is 11.8. The predicted octanol–water partition coefficient (Wildman–Crippen LogP) is 4.92. The van der Waals surface area contributed by atoms with Crippen molar-refractivity contribution in [2.45, 2.75) is 26.8 Å². The Morgan fingerprint density at radius 1 is 1.04 bits per heavy atom. The van der Waals surface area contributed by atoms with E-state index in [4.69, 9.17) is 11.6 Å². The van der Waals surface area contributed by atoms with E-state index in [9.17, 15) is 13.2 Å². The number of hydrogen-bond acceptors (Lipinski definition) is 3. The third-order valence-electron chi connectivity index (χ3n) is 4.14. The topological polar surface area (TPSA) is 42.2 Å². The number of aromatic nitrogens is 3. The first-order valence-electron chi connectivity index (χ1n) is 7.73. The van der Waals surface area contributed by atoms with Crippen molar-refractivity contribution in [2.75, 3.05) is 5.32 Å². The average molecular weight is 369 g/mol. The second kappa shape index (κ2) is 6.55. The van der Waals surface area contributed by atoms with Gasteiger partial charge in [0, 0.05) is 29.8 Å². The molecule has 2 heterocycles. The summed E-state index contributed by atoms with van der Waals surface area (Å²) in [5.74, 6) is -2.56. The summed E-state index contributed by atoms with van der Waals surface area (Å²) in [5, 5.41) is 7.38. The highest BCUT2D eigenvalue weighted by Gasteiger charge is 2.24. The van der Waals surface area contributed by atoms with E-state index < -0.39 is 23.0 Å². The number of halogens is 4. The van der Waals surface area contributed by atoms with Gasteiger partial charge in [-0.05, 0) is 12.8 Å². The van der Waals surface area contributed by atoms with Crippen molar-refractivity contribution < 1.29 is 13.2 Å². The lowest BCUT2D eigenvalue weighted by Crippen LogP contribution is -2.24. The van der Waals surface area contributed by atoms with Crippen LogP contribution in [0.25, 0.3) is 16.8 Å². The first kappa shape index (κ1) is 17.5. The molecule has 0 bridgehead atoms. The Labute approximate surface area is 147 Å². The van der Waals surface area contributed by atoms with Crippen LogP contribution in [0.1, 0.15) is 20.8 Å². The van der Waals surface area contributed by atoms with Crippen molar-refractivity contribution in [3.05, 3.63) is 47.0 Å². The number of anilines is 1. The van der Waals surface area contributed by atoms with E-state index >= 15 is 0 Å². The van der Waals surface area contributed by atoms with Gasteiger partial charge in [-0.15, -0.1) is 0 Å². The van der Waals surface area contributed by atoms with Crippen LogP contribution in [-0.4, -0.2) is 20.6 Å². The quantitative estimate of drug-likeness (QED) is 0.710. The third-order valence-corrected chi connectivity index (χ3v) is 4.44. The summed E-state index contributed by atoms with van der Waals surface area (Å²) in [4.78, 5) is 4.07. The number of hydrogen-bond donors (Lipinski definition) is 1. The SMILES string of the molecule is CC(C)[C@@H](C)Nc1c(-c2c(F)cc(F)cc2F)c(Cl)cc2ncnn12. The second-order valence-electron chi connectivity index (χ2n) is 6.17. The molecule has 2 aromatic heterocycles. The summed E-state index contributed by atoms with van der Waals surface area (Å²) < 4.78 is 43.4. The van der Waals surface area contributed by atoms with Gasteiger partial charge in [-0.1, -0.05) is 25.4 Å². The molecule has 0 saturated carbocycles. The zero-order chi connectivity index (χ0) is 18.3. The fourth-order valence-corrected chi connectivity index (χ4v) is 2.74. The van der Waals surface area contributed by atoms with Crippen LogP contribution in [0.2, 0.25) is 5.02 Å².